The minimum Gasteiger partial charge on any atom is -0.341 e. The fourth-order valence-corrected chi connectivity index (χ4v) is 4.35. The molecule has 2 aliphatic heterocycles. The highest BCUT2D eigenvalue weighted by molar-refractivity contribution is 6.31. The van der Waals surface area contributed by atoms with Crippen LogP contribution in [0, 0.1) is 17.2 Å². The fourth-order valence-electron chi connectivity index (χ4n) is 4.13. The summed E-state index contributed by atoms with van der Waals surface area (Å²) in [6, 6.07) is 4.73. The van der Waals surface area contributed by atoms with E-state index in [0.717, 1.165) is 19.4 Å². The van der Waals surface area contributed by atoms with Crippen LogP contribution in [0.4, 0.5) is 4.39 Å². The van der Waals surface area contributed by atoms with E-state index in [0.29, 0.717) is 49.9 Å². The molecule has 0 spiro atoms. The summed E-state index contributed by atoms with van der Waals surface area (Å²) in [4.78, 5) is 31.5. The van der Waals surface area contributed by atoms with Crippen molar-refractivity contribution >= 4 is 23.4 Å². The molecular weight excluding hydrogens is 393 g/mol. The second-order valence-corrected chi connectivity index (χ2v) is 9.55. The van der Waals surface area contributed by atoms with Crippen molar-refractivity contribution in [3.8, 4) is 0 Å². The normalized spacial score (nSPS) is 21.3. The molecule has 2 heterocycles. The Balaban J connectivity index is 1.54. The zero-order valence-corrected chi connectivity index (χ0v) is 18.3. The van der Waals surface area contributed by atoms with E-state index >= 15 is 0 Å². The number of nitrogens with zero attached hydrogens (tertiary/aromatic N) is 3. The van der Waals surface area contributed by atoms with Crippen molar-refractivity contribution < 1.29 is 14.0 Å². The number of hydrogen-bond acceptors (Lipinski definition) is 3. The van der Waals surface area contributed by atoms with Gasteiger partial charge in [0.2, 0.25) is 11.8 Å². The number of benzene rings is 1. The van der Waals surface area contributed by atoms with Crippen LogP contribution in [0.3, 0.4) is 0 Å². The third-order valence-electron chi connectivity index (χ3n) is 5.83. The van der Waals surface area contributed by atoms with Crippen LogP contribution in [0.1, 0.15) is 39.2 Å². The maximum Gasteiger partial charge on any atom is 0.227 e. The highest BCUT2D eigenvalue weighted by atomic mass is 35.5. The lowest BCUT2D eigenvalue weighted by Crippen LogP contribution is -2.53. The quantitative estimate of drug-likeness (QED) is 0.748. The molecule has 1 aromatic carbocycles. The molecule has 1 aromatic rings. The van der Waals surface area contributed by atoms with Gasteiger partial charge in [-0.1, -0.05) is 38.4 Å². The average Bonchev–Trinajstić information content (AvgIpc) is 2.69. The lowest BCUT2D eigenvalue weighted by Gasteiger charge is -2.40. The molecule has 2 saturated heterocycles. The largest absolute Gasteiger partial charge is 0.341 e. The Morgan fingerprint density at radius 3 is 2.41 bits per heavy atom. The number of likely N-dealkylation sites (tertiary alicyclic amines) is 1. The first-order chi connectivity index (χ1) is 13.7. The van der Waals surface area contributed by atoms with Crippen molar-refractivity contribution in [3.63, 3.8) is 0 Å². The average molecular weight is 424 g/mol. The van der Waals surface area contributed by atoms with Crippen molar-refractivity contribution in [3.05, 3.63) is 34.6 Å². The monoisotopic (exact) mass is 423 g/mol. The smallest absolute Gasteiger partial charge is 0.227 e. The van der Waals surface area contributed by atoms with E-state index in [2.05, 4.69) is 4.90 Å². The minimum atomic E-state index is -0.426. The highest BCUT2D eigenvalue weighted by Crippen LogP contribution is 2.26. The predicted octanol–water partition coefficient (Wildman–Crippen LogP) is 3.41. The number of hydrogen-bond donors (Lipinski definition) is 0. The summed E-state index contributed by atoms with van der Waals surface area (Å²) < 4.78 is 14.0. The zero-order chi connectivity index (χ0) is 21.2. The number of carbonyl (C=O) groups is 2. The molecule has 2 aliphatic rings. The lowest BCUT2D eigenvalue weighted by atomic mass is 9.90. The topological polar surface area (TPSA) is 43.9 Å². The molecule has 0 N–H and O–H groups in total. The maximum atomic E-state index is 14.0. The Hall–Kier alpha value is -1.66. The first kappa shape index (κ1) is 22.0. The van der Waals surface area contributed by atoms with E-state index in [1.54, 1.807) is 12.1 Å². The SMILES string of the molecule is CC(C)(C)C(=O)N1CCCC(C(=O)N2CCN(Cc3c(F)cccc3Cl)CC2)C1. The van der Waals surface area contributed by atoms with E-state index < -0.39 is 5.41 Å². The van der Waals surface area contributed by atoms with Gasteiger partial charge in [-0.05, 0) is 25.0 Å². The molecule has 2 amide bonds. The van der Waals surface area contributed by atoms with E-state index in [-0.39, 0.29) is 23.5 Å². The molecule has 2 fully saturated rings. The van der Waals surface area contributed by atoms with Gasteiger partial charge in [0.1, 0.15) is 5.82 Å². The summed E-state index contributed by atoms with van der Waals surface area (Å²) in [5.41, 5.74) is 0.0856. The van der Waals surface area contributed by atoms with Crippen molar-refractivity contribution in [2.45, 2.75) is 40.2 Å². The molecule has 29 heavy (non-hydrogen) atoms. The highest BCUT2D eigenvalue weighted by Gasteiger charge is 2.35. The van der Waals surface area contributed by atoms with Gasteiger partial charge in [0.05, 0.1) is 5.92 Å². The third-order valence-corrected chi connectivity index (χ3v) is 6.18. The maximum absolute atomic E-state index is 14.0. The van der Waals surface area contributed by atoms with Gasteiger partial charge in [-0.3, -0.25) is 14.5 Å². The third kappa shape index (κ3) is 5.28. The lowest BCUT2D eigenvalue weighted by molar-refractivity contribution is -0.146. The van der Waals surface area contributed by atoms with Gasteiger partial charge in [0.25, 0.3) is 0 Å². The molecule has 0 saturated carbocycles. The molecule has 1 unspecified atom stereocenters. The van der Waals surface area contributed by atoms with Crippen molar-refractivity contribution in [2.75, 3.05) is 39.3 Å². The Kier molecular flexibility index (Phi) is 6.84. The summed E-state index contributed by atoms with van der Waals surface area (Å²) in [5.74, 6) is -0.161. The van der Waals surface area contributed by atoms with Gasteiger partial charge in [-0.15, -0.1) is 0 Å². The predicted molar refractivity (Wildman–Crippen MR) is 112 cm³/mol. The number of piperidine rings is 1. The summed E-state index contributed by atoms with van der Waals surface area (Å²) in [5, 5.41) is 0.439. The first-order valence-corrected chi connectivity index (χ1v) is 10.8. The summed E-state index contributed by atoms with van der Waals surface area (Å²) in [6.07, 6.45) is 1.70. The van der Waals surface area contributed by atoms with Crippen molar-refractivity contribution in [1.82, 2.24) is 14.7 Å². The standard InChI is InChI=1S/C22H31ClFN3O2/c1-22(2,3)21(29)27-9-5-6-16(14-27)20(28)26-12-10-25(11-13-26)15-17-18(23)7-4-8-19(17)24/h4,7-8,16H,5-6,9-15H2,1-3H3. The van der Waals surface area contributed by atoms with Gasteiger partial charge in [0, 0.05) is 61.8 Å². The van der Waals surface area contributed by atoms with E-state index in [1.165, 1.54) is 6.07 Å². The number of halogens is 2. The van der Waals surface area contributed by atoms with Crippen LogP contribution in [0.2, 0.25) is 5.02 Å². The first-order valence-electron chi connectivity index (χ1n) is 10.4. The second-order valence-electron chi connectivity index (χ2n) is 9.14. The molecule has 0 aliphatic carbocycles. The van der Waals surface area contributed by atoms with E-state index in [9.17, 15) is 14.0 Å². The summed E-state index contributed by atoms with van der Waals surface area (Å²) in [6.45, 7) is 10.1. The minimum absolute atomic E-state index is 0.113. The van der Waals surface area contributed by atoms with Gasteiger partial charge in [0.15, 0.2) is 0 Å². The molecule has 7 heteroatoms. The second kappa shape index (κ2) is 9.00. The van der Waals surface area contributed by atoms with Gasteiger partial charge in [-0.25, -0.2) is 4.39 Å². The summed E-state index contributed by atoms with van der Waals surface area (Å²) in [7, 11) is 0. The molecular formula is C22H31ClFN3O2. The molecule has 0 aromatic heterocycles. The molecule has 3 rings (SSSR count). The zero-order valence-electron chi connectivity index (χ0n) is 17.6. The number of amides is 2. The molecule has 1 atom stereocenters. The van der Waals surface area contributed by atoms with Crippen LogP contribution in [0.15, 0.2) is 18.2 Å². The van der Waals surface area contributed by atoms with E-state index in [1.807, 2.05) is 30.6 Å². The Bertz CT molecular complexity index is 737. The van der Waals surface area contributed by atoms with E-state index in [4.69, 9.17) is 11.6 Å². The van der Waals surface area contributed by atoms with Crippen LogP contribution < -0.4 is 0 Å². The van der Waals surface area contributed by atoms with Crippen molar-refractivity contribution in [2.24, 2.45) is 11.3 Å². The summed E-state index contributed by atoms with van der Waals surface area (Å²) >= 11 is 6.14. The molecule has 5 nitrogen and oxygen atoms in total. The Labute approximate surface area is 177 Å². The Morgan fingerprint density at radius 1 is 1.10 bits per heavy atom. The Morgan fingerprint density at radius 2 is 1.79 bits per heavy atom. The molecule has 160 valence electrons. The fraction of sp³-hybridized carbons (Fsp3) is 0.636. The van der Waals surface area contributed by atoms with Gasteiger partial charge in [-0.2, -0.15) is 0 Å². The van der Waals surface area contributed by atoms with Gasteiger partial charge < -0.3 is 9.80 Å². The van der Waals surface area contributed by atoms with Crippen LogP contribution in [-0.4, -0.2) is 65.8 Å². The molecule has 0 radical (unpaired) electrons. The number of carbonyl (C=O) groups excluding carboxylic acids is 2. The van der Waals surface area contributed by atoms with Crippen LogP contribution in [0.5, 0.6) is 0 Å². The number of piperazine rings is 1. The van der Waals surface area contributed by atoms with Crippen molar-refractivity contribution in [1.29, 1.82) is 0 Å². The number of rotatable bonds is 3. The van der Waals surface area contributed by atoms with Crippen LogP contribution >= 0.6 is 11.6 Å². The van der Waals surface area contributed by atoms with Crippen LogP contribution in [-0.2, 0) is 16.1 Å². The van der Waals surface area contributed by atoms with Crippen LogP contribution in [0.25, 0.3) is 0 Å². The molecule has 0 bridgehead atoms. The van der Waals surface area contributed by atoms with Gasteiger partial charge >= 0.3 is 0 Å².